The summed E-state index contributed by atoms with van der Waals surface area (Å²) in [5.41, 5.74) is 14.5. The summed E-state index contributed by atoms with van der Waals surface area (Å²) in [7, 11) is 1.41. The Morgan fingerprint density at radius 3 is 2.29 bits per heavy atom. The molecule has 3 heteroatoms. The minimum absolute atomic E-state index is 0.213. The molecular weight excluding hydrogens is 298 g/mol. The zero-order chi connectivity index (χ0) is 17.9. The Kier molecular flexibility index (Phi) is 5.45. The number of allylic oxidation sites excluding steroid dienone is 1. The first kappa shape index (κ1) is 17.8. The molecule has 0 bridgehead atoms. The van der Waals surface area contributed by atoms with Crippen LogP contribution in [0.4, 0.5) is 5.69 Å². The van der Waals surface area contributed by atoms with E-state index in [0.29, 0.717) is 6.42 Å². The third-order valence-corrected chi connectivity index (χ3v) is 4.55. The number of ether oxygens (including phenoxy) is 1. The fraction of sp³-hybridized carbons (Fsp3) is 0.286. The standard InChI is InChI=1S/C21H25NO2/c1-6-7-17-14(3)20(16-10-8-13(2)9-11-16)18(12-19(23)24-5)15(4)21(17)22/h6,8-11H,1,7,12,22H2,2-5H3. The second-order valence-electron chi connectivity index (χ2n) is 6.11. The molecule has 0 unspecified atom stereocenters. The van der Waals surface area contributed by atoms with Crippen LogP contribution in [-0.2, 0) is 22.4 Å². The van der Waals surface area contributed by atoms with Crippen molar-refractivity contribution in [2.75, 3.05) is 12.8 Å². The van der Waals surface area contributed by atoms with E-state index in [4.69, 9.17) is 10.5 Å². The van der Waals surface area contributed by atoms with Gasteiger partial charge >= 0.3 is 5.97 Å². The van der Waals surface area contributed by atoms with Crippen molar-refractivity contribution < 1.29 is 9.53 Å². The number of anilines is 1. The van der Waals surface area contributed by atoms with Gasteiger partial charge < -0.3 is 10.5 Å². The van der Waals surface area contributed by atoms with Gasteiger partial charge in [0, 0.05) is 5.69 Å². The fourth-order valence-electron chi connectivity index (χ4n) is 3.11. The van der Waals surface area contributed by atoms with Gasteiger partial charge in [-0.1, -0.05) is 35.9 Å². The van der Waals surface area contributed by atoms with Crippen LogP contribution in [0.2, 0.25) is 0 Å². The van der Waals surface area contributed by atoms with Crippen molar-refractivity contribution >= 4 is 11.7 Å². The molecule has 0 fully saturated rings. The predicted molar refractivity (Wildman–Crippen MR) is 100 cm³/mol. The maximum Gasteiger partial charge on any atom is 0.310 e. The quantitative estimate of drug-likeness (QED) is 0.507. The monoisotopic (exact) mass is 323 g/mol. The van der Waals surface area contributed by atoms with Crippen molar-refractivity contribution in [3.8, 4) is 11.1 Å². The number of hydrogen-bond donors (Lipinski definition) is 1. The van der Waals surface area contributed by atoms with E-state index in [2.05, 4.69) is 44.7 Å². The Labute approximate surface area is 144 Å². The first-order valence-electron chi connectivity index (χ1n) is 8.05. The smallest absolute Gasteiger partial charge is 0.310 e. The van der Waals surface area contributed by atoms with Gasteiger partial charge in [0.25, 0.3) is 0 Å². The summed E-state index contributed by atoms with van der Waals surface area (Å²) >= 11 is 0. The SMILES string of the molecule is C=CCc1c(C)c(-c2ccc(C)cc2)c(CC(=O)OC)c(C)c1N. The molecule has 2 aromatic carbocycles. The van der Waals surface area contributed by atoms with E-state index in [1.165, 1.54) is 12.7 Å². The Hall–Kier alpha value is -2.55. The number of nitrogens with two attached hydrogens (primary N) is 1. The molecule has 24 heavy (non-hydrogen) atoms. The largest absolute Gasteiger partial charge is 0.469 e. The normalized spacial score (nSPS) is 10.5. The molecule has 0 aliphatic rings. The van der Waals surface area contributed by atoms with Crippen LogP contribution in [-0.4, -0.2) is 13.1 Å². The predicted octanol–water partition coefficient (Wildman–Crippen LogP) is 4.31. The van der Waals surface area contributed by atoms with Gasteiger partial charge in [-0.2, -0.15) is 0 Å². The van der Waals surface area contributed by atoms with Crippen LogP contribution in [0, 0.1) is 20.8 Å². The average Bonchev–Trinajstić information content (AvgIpc) is 2.57. The highest BCUT2D eigenvalue weighted by Gasteiger charge is 2.20. The van der Waals surface area contributed by atoms with Gasteiger partial charge in [-0.05, 0) is 60.6 Å². The van der Waals surface area contributed by atoms with Crippen molar-refractivity contribution in [3.63, 3.8) is 0 Å². The van der Waals surface area contributed by atoms with Crippen molar-refractivity contribution in [3.05, 3.63) is 64.7 Å². The van der Waals surface area contributed by atoms with Gasteiger partial charge in [-0.15, -0.1) is 6.58 Å². The molecule has 0 aliphatic heterocycles. The van der Waals surface area contributed by atoms with Crippen molar-refractivity contribution in [1.82, 2.24) is 0 Å². The molecule has 2 N–H and O–H groups in total. The summed E-state index contributed by atoms with van der Waals surface area (Å²) in [6, 6.07) is 8.34. The van der Waals surface area contributed by atoms with Crippen LogP contribution < -0.4 is 5.73 Å². The summed E-state index contributed by atoms with van der Waals surface area (Å²) < 4.78 is 4.88. The van der Waals surface area contributed by atoms with E-state index in [1.54, 1.807) is 0 Å². The van der Waals surface area contributed by atoms with Gasteiger partial charge in [0.15, 0.2) is 0 Å². The Morgan fingerprint density at radius 2 is 1.75 bits per heavy atom. The molecule has 2 rings (SSSR count). The third kappa shape index (κ3) is 3.35. The molecule has 0 spiro atoms. The fourth-order valence-corrected chi connectivity index (χ4v) is 3.11. The molecule has 0 aromatic heterocycles. The number of nitrogen functional groups attached to an aromatic ring is 1. The molecule has 2 aromatic rings. The van der Waals surface area contributed by atoms with E-state index in [0.717, 1.165) is 39.1 Å². The lowest BCUT2D eigenvalue weighted by atomic mass is 9.84. The number of methoxy groups -OCH3 is 1. The van der Waals surface area contributed by atoms with Crippen LogP contribution in [0.25, 0.3) is 11.1 Å². The van der Waals surface area contributed by atoms with Crippen LogP contribution in [0.5, 0.6) is 0 Å². The zero-order valence-corrected chi connectivity index (χ0v) is 14.9. The highest BCUT2D eigenvalue weighted by atomic mass is 16.5. The summed E-state index contributed by atoms with van der Waals surface area (Å²) in [6.45, 7) is 9.92. The van der Waals surface area contributed by atoms with E-state index in [1.807, 2.05) is 13.0 Å². The first-order chi connectivity index (χ1) is 11.4. The molecule has 126 valence electrons. The molecule has 0 saturated heterocycles. The number of aryl methyl sites for hydroxylation is 1. The maximum absolute atomic E-state index is 11.9. The van der Waals surface area contributed by atoms with Gasteiger partial charge in [-0.25, -0.2) is 0 Å². The molecule has 0 radical (unpaired) electrons. The highest BCUT2D eigenvalue weighted by molar-refractivity contribution is 5.84. The molecule has 0 aliphatic carbocycles. The number of hydrogen-bond acceptors (Lipinski definition) is 3. The molecule has 0 saturated carbocycles. The van der Waals surface area contributed by atoms with Crippen LogP contribution in [0.15, 0.2) is 36.9 Å². The lowest BCUT2D eigenvalue weighted by Crippen LogP contribution is -2.12. The minimum Gasteiger partial charge on any atom is -0.469 e. The van der Waals surface area contributed by atoms with Gasteiger partial charge in [-0.3, -0.25) is 4.79 Å². The van der Waals surface area contributed by atoms with Gasteiger partial charge in [0.1, 0.15) is 0 Å². The van der Waals surface area contributed by atoms with Crippen molar-refractivity contribution in [2.45, 2.75) is 33.6 Å². The van der Waals surface area contributed by atoms with Crippen LogP contribution >= 0.6 is 0 Å². The summed E-state index contributed by atoms with van der Waals surface area (Å²) in [6.07, 6.45) is 2.78. The van der Waals surface area contributed by atoms with E-state index in [-0.39, 0.29) is 12.4 Å². The molecule has 0 atom stereocenters. The van der Waals surface area contributed by atoms with E-state index in [9.17, 15) is 4.79 Å². The Bertz CT molecular complexity index is 774. The summed E-state index contributed by atoms with van der Waals surface area (Å²) in [5, 5.41) is 0. The summed E-state index contributed by atoms with van der Waals surface area (Å²) in [4.78, 5) is 11.9. The van der Waals surface area contributed by atoms with Crippen molar-refractivity contribution in [1.29, 1.82) is 0 Å². The van der Waals surface area contributed by atoms with E-state index < -0.39 is 0 Å². The Morgan fingerprint density at radius 1 is 1.12 bits per heavy atom. The number of benzene rings is 2. The second-order valence-corrected chi connectivity index (χ2v) is 6.11. The number of carbonyl (C=O) groups excluding carboxylic acids is 1. The summed E-state index contributed by atoms with van der Waals surface area (Å²) in [5.74, 6) is -0.262. The number of carbonyl (C=O) groups is 1. The zero-order valence-electron chi connectivity index (χ0n) is 14.9. The Balaban J connectivity index is 2.78. The van der Waals surface area contributed by atoms with Crippen LogP contribution in [0.3, 0.4) is 0 Å². The lowest BCUT2D eigenvalue weighted by molar-refractivity contribution is -0.139. The van der Waals surface area contributed by atoms with Gasteiger partial charge in [0.05, 0.1) is 13.5 Å². The molecule has 3 nitrogen and oxygen atoms in total. The number of rotatable bonds is 5. The first-order valence-corrected chi connectivity index (χ1v) is 8.05. The third-order valence-electron chi connectivity index (χ3n) is 4.55. The molecule has 0 heterocycles. The molecular formula is C21H25NO2. The minimum atomic E-state index is -0.262. The van der Waals surface area contributed by atoms with Crippen molar-refractivity contribution in [2.24, 2.45) is 0 Å². The lowest BCUT2D eigenvalue weighted by Gasteiger charge is -2.21. The van der Waals surface area contributed by atoms with Gasteiger partial charge in [0.2, 0.25) is 0 Å². The maximum atomic E-state index is 11.9. The number of esters is 1. The molecule has 0 amide bonds. The van der Waals surface area contributed by atoms with E-state index >= 15 is 0 Å². The highest BCUT2D eigenvalue weighted by Crippen LogP contribution is 2.37. The van der Waals surface area contributed by atoms with Crippen LogP contribution in [0.1, 0.15) is 27.8 Å². The second kappa shape index (κ2) is 7.35. The average molecular weight is 323 g/mol. The topological polar surface area (TPSA) is 52.3 Å².